The summed E-state index contributed by atoms with van der Waals surface area (Å²) in [6.07, 6.45) is 5.68. The molecule has 3 heterocycles. The van der Waals surface area contributed by atoms with Gasteiger partial charge in [0.2, 0.25) is 0 Å². The highest BCUT2D eigenvalue weighted by molar-refractivity contribution is 6.35. The van der Waals surface area contributed by atoms with Crippen LogP contribution in [0.1, 0.15) is 27.1 Å². The van der Waals surface area contributed by atoms with Crippen molar-refractivity contribution in [2.45, 2.75) is 12.5 Å². The Labute approximate surface area is 228 Å². The van der Waals surface area contributed by atoms with E-state index >= 15 is 0 Å². The van der Waals surface area contributed by atoms with Gasteiger partial charge in [-0.2, -0.15) is 5.10 Å². The number of nitrogens with two attached hydrogens (primary N) is 1. The molecule has 2 aromatic carbocycles. The summed E-state index contributed by atoms with van der Waals surface area (Å²) >= 11 is 12.6. The fourth-order valence-corrected chi connectivity index (χ4v) is 5.00. The van der Waals surface area contributed by atoms with Crippen molar-refractivity contribution in [2.24, 2.45) is 7.05 Å². The number of nitrogens with one attached hydrogen (secondary N) is 1. The van der Waals surface area contributed by atoms with Gasteiger partial charge in [-0.05, 0) is 48.4 Å². The van der Waals surface area contributed by atoms with Crippen LogP contribution in [0.4, 0.5) is 10.2 Å². The third kappa shape index (κ3) is 5.20. The van der Waals surface area contributed by atoms with Crippen LogP contribution in [0.5, 0.6) is 0 Å². The van der Waals surface area contributed by atoms with Gasteiger partial charge in [0.1, 0.15) is 11.6 Å². The number of aryl methyl sites for hydroxylation is 1. The van der Waals surface area contributed by atoms with Gasteiger partial charge in [-0.3, -0.25) is 14.3 Å². The van der Waals surface area contributed by atoms with E-state index in [0.29, 0.717) is 36.2 Å². The smallest absolute Gasteiger partial charge is 0.255 e. The Hall–Kier alpha value is -3.95. The largest absolute Gasteiger partial charge is 0.383 e. The van der Waals surface area contributed by atoms with Crippen LogP contribution in [0.2, 0.25) is 10.0 Å². The molecular weight excluding hydrogens is 530 g/mol. The zero-order chi connectivity index (χ0) is 27.0. The number of benzene rings is 2. The number of nitrogens with zero attached hydrogens (tertiary/aromatic N) is 4. The fourth-order valence-electron chi connectivity index (χ4n) is 4.46. The first-order valence-corrected chi connectivity index (χ1v) is 12.5. The zero-order valence-electron chi connectivity index (χ0n) is 20.3. The van der Waals surface area contributed by atoms with Crippen molar-refractivity contribution < 1.29 is 14.0 Å². The highest BCUT2D eigenvalue weighted by Gasteiger charge is 2.30. The lowest BCUT2D eigenvalue weighted by Crippen LogP contribution is -2.38. The summed E-state index contributed by atoms with van der Waals surface area (Å²) in [5, 5.41) is 7.61. The minimum Gasteiger partial charge on any atom is -0.383 e. The predicted molar refractivity (Wildman–Crippen MR) is 144 cm³/mol. The van der Waals surface area contributed by atoms with Crippen molar-refractivity contribution in [3.05, 3.63) is 88.0 Å². The monoisotopic (exact) mass is 552 g/mol. The molecular formula is C27H23Cl2FN6O2. The van der Waals surface area contributed by atoms with Gasteiger partial charge in [0.05, 0.1) is 27.4 Å². The van der Waals surface area contributed by atoms with Crippen molar-refractivity contribution in [3.63, 3.8) is 0 Å². The average molecular weight is 553 g/mol. The van der Waals surface area contributed by atoms with E-state index in [1.54, 1.807) is 59.4 Å². The van der Waals surface area contributed by atoms with Crippen molar-refractivity contribution in [1.82, 2.24) is 25.0 Å². The summed E-state index contributed by atoms with van der Waals surface area (Å²) in [6, 6.07) is 10.5. The Balaban J connectivity index is 1.26. The predicted octanol–water partition coefficient (Wildman–Crippen LogP) is 4.82. The molecule has 0 bridgehead atoms. The summed E-state index contributed by atoms with van der Waals surface area (Å²) in [5.74, 6) is -0.927. The van der Waals surface area contributed by atoms with E-state index in [1.165, 1.54) is 12.1 Å². The van der Waals surface area contributed by atoms with Crippen LogP contribution in [0, 0.1) is 5.82 Å². The van der Waals surface area contributed by atoms with Gasteiger partial charge in [-0.25, -0.2) is 9.37 Å². The Kier molecular flexibility index (Phi) is 7.05. The molecule has 1 aliphatic heterocycles. The lowest BCUT2D eigenvalue weighted by atomic mass is 10.0. The first-order valence-electron chi connectivity index (χ1n) is 11.8. The molecule has 0 saturated carbocycles. The number of carbonyl (C=O) groups excluding carboxylic acids is 2. The van der Waals surface area contributed by atoms with Crippen LogP contribution in [-0.4, -0.2) is 50.6 Å². The van der Waals surface area contributed by atoms with Crippen LogP contribution in [-0.2, 0) is 7.05 Å². The summed E-state index contributed by atoms with van der Waals surface area (Å²) in [6.45, 7) is 0.775. The van der Waals surface area contributed by atoms with Gasteiger partial charge in [0.15, 0.2) is 0 Å². The highest BCUT2D eigenvalue weighted by atomic mass is 35.5. The number of rotatable bonds is 5. The quantitative estimate of drug-likeness (QED) is 0.369. The van der Waals surface area contributed by atoms with Crippen LogP contribution in [0.3, 0.4) is 0 Å². The van der Waals surface area contributed by atoms with E-state index in [2.05, 4.69) is 15.4 Å². The number of hydrogen-bond acceptors (Lipinski definition) is 5. The second kappa shape index (κ2) is 10.4. The van der Waals surface area contributed by atoms with E-state index in [0.717, 1.165) is 11.1 Å². The van der Waals surface area contributed by atoms with Crippen LogP contribution in [0.15, 0.2) is 61.1 Å². The highest BCUT2D eigenvalue weighted by Crippen LogP contribution is 2.32. The maximum Gasteiger partial charge on any atom is 0.255 e. The molecule has 0 radical (unpaired) electrons. The summed E-state index contributed by atoms with van der Waals surface area (Å²) in [4.78, 5) is 32.0. The maximum absolute atomic E-state index is 13.4. The Morgan fingerprint density at radius 2 is 1.84 bits per heavy atom. The van der Waals surface area contributed by atoms with Crippen molar-refractivity contribution in [3.8, 4) is 22.3 Å². The Bertz CT molecular complexity index is 1560. The van der Waals surface area contributed by atoms with Gasteiger partial charge >= 0.3 is 0 Å². The van der Waals surface area contributed by atoms with Crippen LogP contribution < -0.4 is 11.1 Å². The number of amides is 2. The summed E-state index contributed by atoms with van der Waals surface area (Å²) in [7, 11) is 1.80. The zero-order valence-corrected chi connectivity index (χ0v) is 21.8. The van der Waals surface area contributed by atoms with Crippen LogP contribution >= 0.6 is 23.2 Å². The van der Waals surface area contributed by atoms with Crippen molar-refractivity contribution >= 4 is 40.8 Å². The third-order valence-corrected chi connectivity index (χ3v) is 7.08. The average Bonchev–Trinajstić information content (AvgIpc) is 3.53. The van der Waals surface area contributed by atoms with E-state index in [4.69, 9.17) is 28.9 Å². The number of aromatic nitrogens is 3. The third-order valence-electron chi connectivity index (χ3n) is 6.45. The number of likely N-dealkylation sites (tertiary alicyclic amines) is 1. The molecule has 1 atom stereocenters. The molecule has 5 rings (SSSR count). The van der Waals surface area contributed by atoms with E-state index in [1.807, 2.05) is 6.20 Å². The van der Waals surface area contributed by atoms with E-state index in [-0.39, 0.29) is 39.3 Å². The molecule has 1 saturated heterocycles. The molecule has 2 amide bonds. The second-order valence-electron chi connectivity index (χ2n) is 9.09. The minimum atomic E-state index is -0.438. The molecule has 11 heteroatoms. The molecule has 0 aliphatic carbocycles. The first kappa shape index (κ1) is 25.7. The number of halogens is 3. The molecule has 1 fully saturated rings. The van der Waals surface area contributed by atoms with Crippen LogP contribution in [0.25, 0.3) is 22.3 Å². The Morgan fingerprint density at radius 3 is 2.55 bits per heavy atom. The Morgan fingerprint density at radius 1 is 1.03 bits per heavy atom. The number of hydrogen-bond donors (Lipinski definition) is 2. The minimum absolute atomic E-state index is 0.120. The molecule has 38 heavy (non-hydrogen) atoms. The van der Waals surface area contributed by atoms with E-state index < -0.39 is 5.82 Å². The first-order chi connectivity index (χ1) is 18.2. The standard InChI is InChI=1S/C27H23Cl2FN6O2/c1-35-13-17(12-33-35)16-8-22(25(31)32-11-16)26(37)34-19-6-7-36(14-19)27(38)21-4-2-15(9-23(21)28)20-5-3-18(30)10-24(20)29/h2-5,8-13,19H,6-7,14H2,1H3,(H2,31,32)(H,34,37)/t19-/m1/s1. The lowest BCUT2D eigenvalue weighted by Gasteiger charge is -2.18. The number of pyridine rings is 1. The van der Waals surface area contributed by atoms with Gasteiger partial charge in [-0.15, -0.1) is 0 Å². The molecule has 3 N–H and O–H groups in total. The van der Waals surface area contributed by atoms with Gasteiger partial charge < -0.3 is 16.0 Å². The normalized spacial score (nSPS) is 15.1. The molecule has 4 aromatic rings. The van der Waals surface area contributed by atoms with Crippen molar-refractivity contribution in [1.29, 1.82) is 0 Å². The molecule has 0 spiro atoms. The topological polar surface area (TPSA) is 106 Å². The lowest BCUT2D eigenvalue weighted by molar-refractivity contribution is 0.0783. The molecule has 0 unspecified atom stereocenters. The number of carbonyl (C=O) groups is 2. The number of anilines is 1. The summed E-state index contributed by atoms with van der Waals surface area (Å²) in [5.41, 5.74) is 9.40. The second-order valence-corrected chi connectivity index (χ2v) is 9.90. The van der Waals surface area contributed by atoms with E-state index in [9.17, 15) is 14.0 Å². The molecule has 194 valence electrons. The van der Waals surface area contributed by atoms with Crippen molar-refractivity contribution in [2.75, 3.05) is 18.8 Å². The summed E-state index contributed by atoms with van der Waals surface area (Å²) < 4.78 is 15.1. The number of nitrogen functional groups attached to an aromatic ring is 1. The fraction of sp³-hybridized carbons (Fsp3) is 0.185. The molecule has 8 nitrogen and oxygen atoms in total. The molecule has 1 aliphatic rings. The SMILES string of the molecule is Cn1cc(-c2cnc(N)c(C(=O)N[C@@H]3CCN(C(=O)c4ccc(-c5ccc(F)cc5Cl)cc4Cl)C3)c2)cn1. The maximum atomic E-state index is 13.4. The van der Waals surface area contributed by atoms with Gasteiger partial charge in [0.25, 0.3) is 11.8 Å². The van der Waals surface area contributed by atoms with Gasteiger partial charge in [-0.1, -0.05) is 29.3 Å². The molecule has 2 aromatic heterocycles. The van der Waals surface area contributed by atoms with Gasteiger partial charge in [0, 0.05) is 55.3 Å².